The monoisotopic (exact) mass is 345 g/mol. The van der Waals surface area contributed by atoms with Crippen LogP contribution in [-0.4, -0.2) is 68.9 Å². The van der Waals surface area contributed by atoms with Crippen LogP contribution in [-0.2, 0) is 6.54 Å². The Morgan fingerprint density at radius 3 is 2.56 bits per heavy atom. The van der Waals surface area contributed by atoms with Gasteiger partial charge in [0.25, 0.3) is 0 Å². The first-order chi connectivity index (χ1) is 11.9. The molecule has 2 aromatic rings. The molecule has 7 nitrogen and oxygen atoms in total. The summed E-state index contributed by atoms with van der Waals surface area (Å²) >= 11 is 0. The van der Waals surface area contributed by atoms with Gasteiger partial charge < -0.3 is 9.63 Å². The Morgan fingerprint density at radius 1 is 1.20 bits per heavy atom. The van der Waals surface area contributed by atoms with Crippen LogP contribution in [0, 0.1) is 5.41 Å². The first-order valence-corrected chi connectivity index (χ1v) is 8.77. The van der Waals surface area contributed by atoms with Gasteiger partial charge in [-0.3, -0.25) is 14.8 Å². The van der Waals surface area contributed by atoms with Crippen LogP contribution in [0.2, 0.25) is 0 Å². The van der Waals surface area contributed by atoms with E-state index in [-0.39, 0.29) is 11.5 Å². The lowest BCUT2D eigenvalue weighted by molar-refractivity contribution is 0.0115. The minimum absolute atomic E-state index is 0.0798. The van der Waals surface area contributed by atoms with Crippen molar-refractivity contribution in [1.82, 2.24) is 24.9 Å². The molecule has 0 bridgehead atoms. The SMILES string of the molecule is CC(C)(C)[C@@H](O)CN1CCN(Cc2nc(-c3cccnc3)no2)CC1. The molecular weight excluding hydrogens is 318 g/mol. The van der Waals surface area contributed by atoms with Crippen molar-refractivity contribution < 1.29 is 9.63 Å². The van der Waals surface area contributed by atoms with Gasteiger partial charge in [-0.05, 0) is 17.5 Å². The third-order valence-electron chi connectivity index (χ3n) is 4.64. The Hall–Kier alpha value is -1.83. The smallest absolute Gasteiger partial charge is 0.241 e. The molecule has 136 valence electrons. The van der Waals surface area contributed by atoms with Crippen LogP contribution in [0.25, 0.3) is 11.4 Å². The zero-order valence-corrected chi connectivity index (χ0v) is 15.2. The summed E-state index contributed by atoms with van der Waals surface area (Å²) < 4.78 is 5.37. The van der Waals surface area contributed by atoms with E-state index in [9.17, 15) is 5.11 Å². The van der Waals surface area contributed by atoms with Gasteiger partial charge in [0.1, 0.15) is 0 Å². The Bertz CT molecular complexity index is 660. The van der Waals surface area contributed by atoms with Crippen molar-refractivity contribution in [3.05, 3.63) is 30.4 Å². The van der Waals surface area contributed by atoms with Crippen molar-refractivity contribution in [3.63, 3.8) is 0 Å². The van der Waals surface area contributed by atoms with Crippen molar-refractivity contribution in [1.29, 1.82) is 0 Å². The van der Waals surface area contributed by atoms with Gasteiger partial charge in [-0.25, -0.2) is 0 Å². The molecule has 1 saturated heterocycles. The summed E-state index contributed by atoms with van der Waals surface area (Å²) in [4.78, 5) is 13.2. The van der Waals surface area contributed by atoms with Gasteiger partial charge >= 0.3 is 0 Å². The second-order valence-electron chi connectivity index (χ2n) is 7.71. The molecule has 0 aromatic carbocycles. The molecule has 0 radical (unpaired) electrons. The van der Waals surface area contributed by atoms with Gasteiger partial charge in [0.2, 0.25) is 11.7 Å². The molecule has 3 rings (SSSR count). The maximum atomic E-state index is 10.3. The largest absolute Gasteiger partial charge is 0.391 e. The number of pyridine rings is 1. The number of aliphatic hydroxyl groups is 1. The van der Waals surface area contributed by atoms with E-state index in [0.29, 0.717) is 18.3 Å². The molecule has 1 N–H and O–H groups in total. The van der Waals surface area contributed by atoms with Crippen molar-refractivity contribution in [2.75, 3.05) is 32.7 Å². The highest BCUT2D eigenvalue weighted by Crippen LogP contribution is 2.20. The molecule has 3 heterocycles. The van der Waals surface area contributed by atoms with Crippen LogP contribution in [0.3, 0.4) is 0 Å². The third kappa shape index (κ3) is 4.84. The number of nitrogens with zero attached hydrogens (tertiary/aromatic N) is 5. The van der Waals surface area contributed by atoms with Gasteiger partial charge in [0.15, 0.2) is 0 Å². The Kier molecular flexibility index (Phi) is 5.46. The highest BCUT2D eigenvalue weighted by Gasteiger charge is 2.26. The highest BCUT2D eigenvalue weighted by molar-refractivity contribution is 5.51. The van der Waals surface area contributed by atoms with Gasteiger partial charge in [-0.15, -0.1) is 0 Å². The van der Waals surface area contributed by atoms with E-state index < -0.39 is 0 Å². The number of β-amino-alcohol motifs (C(OH)–C–C–N with tert-alkyl or cyclic N) is 1. The number of aromatic nitrogens is 3. The Morgan fingerprint density at radius 2 is 1.92 bits per heavy atom. The van der Waals surface area contributed by atoms with Crippen LogP contribution >= 0.6 is 0 Å². The average Bonchev–Trinajstić information content (AvgIpc) is 3.05. The topological polar surface area (TPSA) is 78.5 Å². The van der Waals surface area contributed by atoms with E-state index >= 15 is 0 Å². The maximum absolute atomic E-state index is 10.3. The lowest BCUT2D eigenvalue weighted by atomic mass is 9.89. The molecule has 2 aromatic heterocycles. The van der Waals surface area contributed by atoms with Crippen LogP contribution in [0.5, 0.6) is 0 Å². The minimum Gasteiger partial charge on any atom is -0.391 e. The van der Waals surface area contributed by atoms with Crippen molar-refractivity contribution in [2.45, 2.75) is 33.4 Å². The third-order valence-corrected chi connectivity index (χ3v) is 4.64. The van der Waals surface area contributed by atoms with Gasteiger partial charge in [0, 0.05) is 50.7 Å². The number of rotatable bonds is 5. The summed E-state index contributed by atoms with van der Waals surface area (Å²) in [6.45, 7) is 11.3. The average molecular weight is 345 g/mol. The predicted molar refractivity (Wildman–Crippen MR) is 94.7 cm³/mol. The molecule has 1 fully saturated rings. The standard InChI is InChI=1S/C18H27N5O2/c1-18(2,3)15(24)12-22-7-9-23(10-8-22)13-16-20-17(21-25-16)14-5-4-6-19-11-14/h4-6,11,15,24H,7-10,12-13H2,1-3H3/t15-/m0/s1. The van der Waals surface area contributed by atoms with E-state index in [1.165, 1.54) is 0 Å². The van der Waals surface area contributed by atoms with E-state index in [0.717, 1.165) is 38.3 Å². The maximum Gasteiger partial charge on any atom is 0.241 e. The summed E-state index contributed by atoms with van der Waals surface area (Å²) in [6, 6.07) is 3.78. The summed E-state index contributed by atoms with van der Waals surface area (Å²) in [5.74, 6) is 1.21. The van der Waals surface area contributed by atoms with E-state index in [4.69, 9.17) is 4.52 Å². The van der Waals surface area contributed by atoms with Crippen molar-refractivity contribution >= 4 is 0 Å². The molecule has 1 atom stereocenters. The second-order valence-corrected chi connectivity index (χ2v) is 7.71. The van der Waals surface area contributed by atoms with Crippen LogP contribution in [0.4, 0.5) is 0 Å². The normalized spacial score (nSPS) is 18.4. The molecule has 0 unspecified atom stereocenters. The quantitative estimate of drug-likeness (QED) is 0.883. The van der Waals surface area contributed by atoms with E-state index in [2.05, 4.69) is 45.7 Å². The highest BCUT2D eigenvalue weighted by atomic mass is 16.5. The lowest BCUT2D eigenvalue weighted by Gasteiger charge is -2.37. The van der Waals surface area contributed by atoms with Crippen molar-refractivity contribution in [3.8, 4) is 11.4 Å². The second kappa shape index (κ2) is 7.59. The van der Waals surface area contributed by atoms with Crippen LogP contribution in [0.1, 0.15) is 26.7 Å². The summed E-state index contributed by atoms with van der Waals surface area (Å²) in [5.41, 5.74) is 0.780. The molecule has 0 saturated carbocycles. The summed E-state index contributed by atoms with van der Waals surface area (Å²) in [7, 11) is 0. The molecule has 0 aliphatic carbocycles. The number of hydrogen-bond donors (Lipinski definition) is 1. The van der Waals surface area contributed by atoms with E-state index in [1.807, 2.05) is 12.1 Å². The first kappa shape index (κ1) is 18.0. The number of aliphatic hydroxyl groups excluding tert-OH is 1. The summed E-state index contributed by atoms with van der Waals surface area (Å²) in [5, 5.41) is 14.3. The Balaban J connectivity index is 1.49. The van der Waals surface area contributed by atoms with Gasteiger partial charge in [-0.1, -0.05) is 25.9 Å². The zero-order chi connectivity index (χ0) is 17.9. The van der Waals surface area contributed by atoms with Gasteiger partial charge in [0.05, 0.1) is 12.6 Å². The molecule has 7 heteroatoms. The predicted octanol–water partition coefficient (Wildman–Crippen LogP) is 1.66. The fraction of sp³-hybridized carbons (Fsp3) is 0.611. The molecular formula is C18H27N5O2. The molecule has 0 amide bonds. The van der Waals surface area contributed by atoms with Crippen LogP contribution in [0.15, 0.2) is 29.0 Å². The molecule has 25 heavy (non-hydrogen) atoms. The fourth-order valence-electron chi connectivity index (χ4n) is 2.77. The number of piperazine rings is 1. The van der Waals surface area contributed by atoms with E-state index in [1.54, 1.807) is 12.4 Å². The van der Waals surface area contributed by atoms with Crippen LogP contribution < -0.4 is 0 Å². The van der Waals surface area contributed by atoms with Gasteiger partial charge in [-0.2, -0.15) is 4.98 Å². The lowest BCUT2D eigenvalue weighted by Crippen LogP contribution is -2.49. The Labute approximate surface area is 148 Å². The minimum atomic E-state index is -0.308. The molecule has 1 aliphatic heterocycles. The summed E-state index contributed by atoms with van der Waals surface area (Å²) in [6.07, 6.45) is 3.14. The fourth-order valence-corrected chi connectivity index (χ4v) is 2.77. The molecule has 1 aliphatic rings. The van der Waals surface area contributed by atoms with Crippen molar-refractivity contribution in [2.24, 2.45) is 5.41 Å². The number of hydrogen-bond acceptors (Lipinski definition) is 7. The first-order valence-electron chi connectivity index (χ1n) is 8.77. The molecule has 0 spiro atoms. The zero-order valence-electron chi connectivity index (χ0n) is 15.2.